The summed E-state index contributed by atoms with van der Waals surface area (Å²) in [5.74, 6) is -4.23. The van der Waals surface area contributed by atoms with Crippen LogP contribution in [-0.2, 0) is 16.0 Å². The van der Waals surface area contributed by atoms with Crippen molar-refractivity contribution in [1.29, 1.82) is 0 Å². The highest BCUT2D eigenvalue weighted by Crippen LogP contribution is 2.36. The smallest absolute Gasteiger partial charge is 0.408 e. The number of nitrogens with zero attached hydrogens (tertiary/aromatic N) is 2. The summed E-state index contributed by atoms with van der Waals surface area (Å²) in [6.45, 7) is 0. The van der Waals surface area contributed by atoms with Crippen molar-refractivity contribution in [2.75, 3.05) is 12.8 Å². The number of urea groups is 1. The summed E-state index contributed by atoms with van der Waals surface area (Å²) in [7, 11) is 1.53. The SMILES string of the molecule is CN=Cc1c(N)cccc1CC1C(=O)N(C(=O)NC(C2CCCCC2)C(F)(F)F)C1C(=O)O. The Bertz CT molecular complexity index is 944. The minimum absolute atomic E-state index is 0.0443. The molecule has 0 spiro atoms. The Morgan fingerprint density at radius 1 is 1.30 bits per heavy atom. The molecule has 4 N–H and O–H groups in total. The quantitative estimate of drug-likeness (QED) is 0.336. The van der Waals surface area contributed by atoms with Gasteiger partial charge in [-0.3, -0.25) is 9.79 Å². The molecule has 1 aromatic carbocycles. The second-order valence-electron chi connectivity index (χ2n) is 8.48. The van der Waals surface area contributed by atoms with Gasteiger partial charge in [0.25, 0.3) is 0 Å². The monoisotopic (exact) mass is 468 g/mol. The van der Waals surface area contributed by atoms with E-state index in [4.69, 9.17) is 5.73 Å². The number of hydrogen-bond donors (Lipinski definition) is 3. The number of likely N-dealkylation sites (tertiary alicyclic amines) is 1. The Kier molecular flexibility index (Phi) is 7.28. The predicted molar refractivity (Wildman–Crippen MR) is 115 cm³/mol. The topological polar surface area (TPSA) is 125 Å². The normalized spacial score (nSPS) is 22.8. The Labute approximate surface area is 189 Å². The summed E-state index contributed by atoms with van der Waals surface area (Å²) < 4.78 is 41.0. The first-order chi connectivity index (χ1) is 15.6. The van der Waals surface area contributed by atoms with Crippen LogP contribution in [0.3, 0.4) is 0 Å². The van der Waals surface area contributed by atoms with Crippen molar-refractivity contribution in [3.8, 4) is 0 Å². The van der Waals surface area contributed by atoms with Crippen LogP contribution in [0.4, 0.5) is 23.7 Å². The number of aliphatic carboxylic acids is 1. The van der Waals surface area contributed by atoms with Gasteiger partial charge in [-0.2, -0.15) is 13.2 Å². The van der Waals surface area contributed by atoms with E-state index in [1.165, 1.54) is 13.3 Å². The van der Waals surface area contributed by atoms with Gasteiger partial charge in [0.05, 0.1) is 5.92 Å². The largest absolute Gasteiger partial charge is 0.480 e. The van der Waals surface area contributed by atoms with E-state index in [1.807, 2.05) is 5.32 Å². The molecular weight excluding hydrogens is 441 g/mol. The highest BCUT2D eigenvalue weighted by molar-refractivity contribution is 6.07. The van der Waals surface area contributed by atoms with Gasteiger partial charge in [-0.1, -0.05) is 31.4 Å². The zero-order chi connectivity index (χ0) is 24.3. The van der Waals surface area contributed by atoms with Crippen LogP contribution in [0.5, 0.6) is 0 Å². The molecule has 11 heteroatoms. The number of β-lactam (4-membered cyclic amide) rings is 1. The van der Waals surface area contributed by atoms with E-state index >= 15 is 0 Å². The maximum Gasteiger partial charge on any atom is 0.408 e. The molecule has 0 aromatic heterocycles. The molecule has 1 aliphatic carbocycles. The number of carboxylic acid groups (broad SMARTS) is 1. The van der Waals surface area contributed by atoms with Crippen LogP contribution in [0, 0.1) is 11.8 Å². The lowest BCUT2D eigenvalue weighted by atomic mass is 9.81. The second-order valence-corrected chi connectivity index (χ2v) is 8.48. The fraction of sp³-hybridized carbons (Fsp3) is 0.545. The number of carbonyl (C=O) groups is 3. The molecule has 1 heterocycles. The molecule has 0 bridgehead atoms. The third-order valence-electron chi connectivity index (χ3n) is 6.37. The Hall–Kier alpha value is -3.11. The third kappa shape index (κ3) is 5.12. The number of amides is 3. The minimum Gasteiger partial charge on any atom is -0.480 e. The predicted octanol–water partition coefficient (Wildman–Crippen LogP) is 2.99. The maximum atomic E-state index is 13.7. The lowest BCUT2D eigenvalue weighted by Gasteiger charge is -2.44. The van der Waals surface area contributed by atoms with E-state index in [2.05, 4.69) is 4.99 Å². The number of anilines is 1. The molecule has 1 saturated heterocycles. The summed E-state index contributed by atoms with van der Waals surface area (Å²) in [6, 6.07) is -0.123. The van der Waals surface area contributed by atoms with Crippen molar-refractivity contribution in [3.63, 3.8) is 0 Å². The van der Waals surface area contributed by atoms with Crippen LogP contribution < -0.4 is 11.1 Å². The molecular formula is C22H27F3N4O4. The zero-order valence-corrected chi connectivity index (χ0v) is 18.1. The van der Waals surface area contributed by atoms with Crippen LogP contribution in [0.15, 0.2) is 23.2 Å². The molecule has 180 valence electrons. The van der Waals surface area contributed by atoms with Crippen molar-refractivity contribution in [3.05, 3.63) is 29.3 Å². The Morgan fingerprint density at radius 2 is 1.97 bits per heavy atom. The van der Waals surface area contributed by atoms with Gasteiger partial charge in [0.15, 0.2) is 6.04 Å². The van der Waals surface area contributed by atoms with Gasteiger partial charge in [0.2, 0.25) is 5.91 Å². The van der Waals surface area contributed by atoms with Crippen molar-refractivity contribution in [2.24, 2.45) is 16.8 Å². The summed E-state index contributed by atoms with van der Waals surface area (Å²) in [4.78, 5) is 41.5. The van der Waals surface area contributed by atoms with Gasteiger partial charge >= 0.3 is 18.2 Å². The summed E-state index contributed by atoms with van der Waals surface area (Å²) in [6.07, 6.45) is -0.584. The van der Waals surface area contributed by atoms with Gasteiger partial charge in [0, 0.05) is 24.5 Å². The average Bonchev–Trinajstić information content (AvgIpc) is 2.75. The van der Waals surface area contributed by atoms with E-state index in [0.717, 1.165) is 6.42 Å². The number of halogens is 3. The summed E-state index contributed by atoms with van der Waals surface area (Å²) in [5.41, 5.74) is 7.40. The highest BCUT2D eigenvalue weighted by atomic mass is 19.4. The summed E-state index contributed by atoms with van der Waals surface area (Å²) >= 11 is 0. The maximum absolute atomic E-state index is 13.7. The van der Waals surface area contributed by atoms with E-state index in [9.17, 15) is 32.7 Å². The molecule has 1 saturated carbocycles. The number of benzene rings is 1. The highest BCUT2D eigenvalue weighted by Gasteiger charge is 2.56. The first-order valence-corrected chi connectivity index (χ1v) is 10.8. The van der Waals surface area contributed by atoms with Gasteiger partial charge in [-0.25, -0.2) is 14.5 Å². The van der Waals surface area contributed by atoms with Gasteiger partial charge < -0.3 is 16.2 Å². The number of aliphatic imine (C=N–C) groups is 1. The number of rotatable bonds is 6. The molecule has 3 rings (SSSR count). The van der Waals surface area contributed by atoms with Crippen LogP contribution in [0.2, 0.25) is 0 Å². The van der Waals surface area contributed by atoms with Crippen LogP contribution in [0.1, 0.15) is 43.2 Å². The first kappa shape index (κ1) is 24.5. The van der Waals surface area contributed by atoms with E-state index in [1.54, 1.807) is 18.2 Å². The van der Waals surface area contributed by atoms with Gasteiger partial charge in [-0.15, -0.1) is 0 Å². The van der Waals surface area contributed by atoms with E-state index < -0.39 is 48.0 Å². The molecule has 8 nitrogen and oxygen atoms in total. The number of alkyl halides is 3. The van der Waals surface area contributed by atoms with E-state index in [0.29, 0.717) is 47.4 Å². The second kappa shape index (κ2) is 9.80. The van der Waals surface area contributed by atoms with Crippen molar-refractivity contribution >= 4 is 29.8 Å². The molecule has 1 aliphatic heterocycles. The first-order valence-electron chi connectivity index (χ1n) is 10.8. The average molecular weight is 468 g/mol. The molecule has 3 unspecified atom stereocenters. The molecule has 3 atom stereocenters. The number of carbonyl (C=O) groups excluding carboxylic acids is 2. The Balaban J connectivity index is 1.79. The zero-order valence-electron chi connectivity index (χ0n) is 18.1. The van der Waals surface area contributed by atoms with Crippen LogP contribution in [-0.4, -0.2) is 59.4 Å². The number of carboxylic acids is 1. The molecule has 33 heavy (non-hydrogen) atoms. The number of nitrogens with two attached hydrogens (primary N) is 1. The molecule has 2 aliphatic rings. The van der Waals surface area contributed by atoms with E-state index in [-0.39, 0.29) is 6.42 Å². The van der Waals surface area contributed by atoms with Crippen molar-refractivity contribution < 1.29 is 32.7 Å². The molecule has 1 aromatic rings. The summed E-state index contributed by atoms with van der Waals surface area (Å²) in [5, 5.41) is 11.5. The van der Waals surface area contributed by atoms with Crippen molar-refractivity contribution in [1.82, 2.24) is 10.2 Å². The van der Waals surface area contributed by atoms with Gasteiger partial charge in [-0.05, 0) is 36.8 Å². The van der Waals surface area contributed by atoms with Crippen LogP contribution in [0.25, 0.3) is 0 Å². The molecule has 3 amide bonds. The lowest BCUT2D eigenvalue weighted by Crippen LogP contribution is -2.70. The number of nitrogens with one attached hydrogen (secondary N) is 1. The van der Waals surface area contributed by atoms with Gasteiger partial charge in [0.1, 0.15) is 6.04 Å². The Morgan fingerprint density at radius 3 is 2.55 bits per heavy atom. The lowest BCUT2D eigenvalue weighted by molar-refractivity contribution is -0.172. The number of nitrogen functional groups attached to an aromatic ring is 1. The van der Waals surface area contributed by atoms with Crippen molar-refractivity contribution in [2.45, 2.75) is 56.8 Å². The fourth-order valence-corrected chi connectivity index (χ4v) is 4.73. The number of imide groups is 1. The standard InChI is InChI=1S/C22H27F3N4O4/c1-27-11-15-13(8-5-9-16(15)26)10-14-17(20(31)32)29(19(14)30)21(33)28-18(22(23,24)25)12-6-3-2-4-7-12/h5,8-9,11-12,14,17-18H,2-4,6-7,10,26H2,1H3,(H,28,33)(H,31,32). The molecule has 0 radical (unpaired) electrons. The van der Waals surface area contributed by atoms with Crippen LogP contribution >= 0.6 is 0 Å². The minimum atomic E-state index is -4.71. The fourth-order valence-electron chi connectivity index (χ4n) is 4.73. The third-order valence-corrected chi connectivity index (χ3v) is 6.37. The number of hydrogen-bond acceptors (Lipinski definition) is 5. The molecule has 2 fully saturated rings.